The van der Waals surface area contributed by atoms with E-state index >= 15 is 0 Å². The molecule has 0 radical (unpaired) electrons. The fraction of sp³-hybridized carbons (Fsp3) is 0.697. The number of halogens is 1. The number of fused-ring (bicyclic) bond motifs is 2. The standard InChI is InChI=1S/C33H49FN4O2/c1-7-29-26-12-13-33(31(26)38(8-2)35-29)14-16-37(17-15-33)22(5)27-19-25(36(6)30(21(3)4)32(39)40)20-28(27)23-10-9-11-24(34)18-23/h9-11,18,21-22,25,27-28,30H,7-8,12-17,19-20H2,1-6H3,(H,39,40)/t22-,25-,27-,28-,30-/m1/s1. The van der Waals surface area contributed by atoms with Crippen molar-refractivity contribution >= 4 is 5.97 Å². The van der Waals surface area contributed by atoms with Crippen molar-refractivity contribution in [3.05, 3.63) is 52.6 Å². The van der Waals surface area contributed by atoms with Crippen molar-refractivity contribution in [2.24, 2.45) is 11.8 Å². The molecule has 1 spiro atoms. The molecular weight excluding hydrogens is 503 g/mol. The molecule has 2 heterocycles. The van der Waals surface area contributed by atoms with Crippen molar-refractivity contribution in [2.75, 3.05) is 20.1 Å². The Kier molecular flexibility index (Phi) is 8.45. The highest BCUT2D eigenvalue weighted by atomic mass is 19.1. The highest BCUT2D eigenvalue weighted by Gasteiger charge is 2.48. The molecule has 40 heavy (non-hydrogen) atoms. The first-order chi connectivity index (χ1) is 19.1. The van der Waals surface area contributed by atoms with Gasteiger partial charge in [-0.3, -0.25) is 14.4 Å². The van der Waals surface area contributed by atoms with E-state index in [0.717, 1.165) is 63.7 Å². The van der Waals surface area contributed by atoms with Crippen LogP contribution in [-0.4, -0.2) is 68.9 Å². The summed E-state index contributed by atoms with van der Waals surface area (Å²) in [6.07, 6.45) is 7.53. The molecule has 1 aromatic carbocycles. The quantitative estimate of drug-likeness (QED) is 0.421. The molecule has 2 aromatic rings. The predicted molar refractivity (Wildman–Crippen MR) is 157 cm³/mol. The molecule has 5 rings (SSSR count). The monoisotopic (exact) mass is 552 g/mol. The summed E-state index contributed by atoms with van der Waals surface area (Å²) in [7, 11) is 1.98. The van der Waals surface area contributed by atoms with Crippen molar-refractivity contribution in [2.45, 2.75) is 116 Å². The number of rotatable bonds is 9. The molecule has 5 atom stereocenters. The third kappa shape index (κ3) is 5.13. The maximum Gasteiger partial charge on any atom is 0.321 e. The molecule has 6 nitrogen and oxygen atoms in total. The molecule has 1 saturated heterocycles. The van der Waals surface area contributed by atoms with E-state index in [9.17, 15) is 14.3 Å². The van der Waals surface area contributed by atoms with Crippen LogP contribution in [0.3, 0.4) is 0 Å². The molecule has 2 aliphatic carbocycles. The van der Waals surface area contributed by atoms with Crippen LogP contribution in [-0.2, 0) is 29.6 Å². The molecule has 3 aliphatic rings. The van der Waals surface area contributed by atoms with E-state index in [1.165, 1.54) is 29.4 Å². The summed E-state index contributed by atoms with van der Waals surface area (Å²) in [6, 6.07) is 7.09. The largest absolute Gasteiger partial charge is 0.480 e. The Balaban J connectivity index is 1.36. The van der Waals surface area contributed by atoms with Crippen LogP contribution in [0.25, 0.3) is 0 Å². The molecule has 1 aliphatic heterocycles. The van der Waals surface area contributed by atoms with Gasteiger partial charge in [0, 0.05) is 29.7 Å². The number of aryl methyl sites for hydroxylation is 2. The molecule has 7 heteroatoms. The van der Waals surface area contributed by atoms with E-state index in [4.69, 9.17) is 5.10 Å². The molecule has 220 valence electrons. The average molecular weight is 553 g/mol. The molecule has 0 amide bonds. The highest BCUT2D eigenvalue weighted by molar-refractivity contribution is 5.73. The second-order valence-corrected chi connectivity index (χ2v) is 13.1. The first-order valence-corrected chi connectivity index (χ1v) is 15.6. The molecule has 1 aromatic heterocycles. The van der Waals surface area contributed by atoms with E-state index in [1.807, 2.05) is 27.0 Å². The normalized spacial score (nSPS) is 26.1. The summed E-state index contributed by atoms with van der Waals surface area (Å²) in [5.74, 6) is -0.376. The van der Waals surface area contributed by atoms with Gasteiger partial charge < -0.3 is 10.0 Å². The number of nitrogens with zero attached hydrogens (tertiary/aromatic N) is 4. The first kappa shape index (κ1) is 29.2. The zero-order valence-electron chi connectivity index (χ0n) is 25.4. The molecule has 0 unspecified atom stereocenters. The van der Waals surface area contributed by atoms with Gasteiger partial charge in [0.15, 0.2) is 0 Å². The number of hydrogen-bond donors (Lipinski definition) is 1. The van der Waals surface area contributed by atoms with Gasteiger partial charge in [-0.15, -0.1) is 0 Å². The number of aromatic nitrogens is 2. The van der Waals surface area contributed by atoms with Gasteiger partial charge in [-0.1, -0.05) is 32.9 Å². The Labute approximate surface area is 239 Å². The Hall–Kier alpha value is -2.25. The maximum atomic E-state index is 14.4. The zero-order chi connectivity index (χ0) is 28.8. The smallest absolute Gasteiger partial charge is 0.321 e. The van der Waals surface area contributed by atoms with E-state index < -0.39 is 12.0 Å². The van der Waals surface area contributed by atoms with Crippen LogP contribution in [0.4, 0.5) is 4.39 Å². The van der Waals surface area contributed by atoms with Gasteiger partial charge in [0.25, 0.3) is 0 Å². The van der Waals surface area contributed by atoms with Gasteiger partial charge in [0.05, 0.1) is 5.69 Å². The highest BCUT2D eigenvalue weighted by Crippen LogP contribution is 2.50. The van der Waals surface area contributed by atoms with Crippen LogP contribution in [0.5, 0.6) is 0 Å². The van der Waals surface area contributed by atoms with Crippen LogP contribution in [0, 0.1) is 17.7 Å². The Bertz CT molecular complexity index is 1200. The van der Waals surface area contributed by atoms with Crippen molar-refractivity contribution in [3.8, 4) is 0 Å². The first-order valence-electron chi connectivity index (χ1n) is 15.6. The van der Waals surface area contributed by atoms with Gasteiger partial charge in [0.1, 0.15) is 11.9 Å². The Morgan fingerprint density at radius 2 is 1.90 bits per heavy atom. The summed E-state index contributed by atoms with van der Waals surface area (Å²) in [5.41, 5.74) is 5.64. The zero-order valence-corrected chi connectivity index (χ0v) is 25.4. The van der Waals surface area contributed by atoms with Gasteiger partial charge in [0.2, 0.25) is 0 Å². The predicted octanol–water partition coefficient (Wildman–Crippen LogP) is 5.88. The minimum Gasteiger partial charge on any atom is -0.480 e. The lowest BCUT2D eigenvalue weighted by Crippen LogP contribution is -2.49. The molecular formula is C33H49FN4O2. The molecule has 0 bridgehead atoms. The fourth-order valence-corrected chi connectivity index (χ4v) is 8.70. The maximum absolute atomic E-state index is 14.4. The third-order valence-corrected chi connectivity index (χ3v) is 10.8. The summed E-state index contributed by atoms with van der Waals surface area (Å²) >= 11 is 0. The lowest BCUT2D eigenvalue weighted by atomic mass is 9.75. The fourth-order valence-electron chi connectivity index (χ4n) is 8.70. The summed E-state index contributed by atoms with van der Waals surface area (Å²) < 4.78 is 16.7. The summed E-state index contributed by atoms with van der Waals surface area (Å²) in [5, 5.41) is 15.0. The number of aliphatic carboxylic acids is 1. The number of benzene rings is 1. The Morgan fingerprint density at radius 1 is 1.18 bits per heavy atom. The summed E-state index contributed by atoms with van der Waals surface area (Å²) in [4.78, 5) is 16.9. The van der Waals surface area contributed by atoms with E-state index in [-0.39, 0.29) is 29.1 Å². The van der Waals surface area contributed by atoms with Crippen LogP contribution in [0.15, 0.2) is 24.3 Å². The van der Waals surface area contributed by atoms with Crippen molar-refractivity contribution < 1.29 is 14.3 Å². The van der Waals surface area contributed by atoms with E-state index in [0.29, 0.717) is 12.0 Å². The van der Waals surface area contributed by atoms with Crippen molar-refractivity contribution in [1.82, 2.24) is 19.6 Å². The van der Waals surface area contributed by atoms with Crippen LogP contribution in [0.2, 0.25) is 0 Å². The number of likely N-dealkylation sites (tertiary alicyclic amines) is 1. The number of carbonyl (C=O) groups is 1. The molecule has 1 saturated carbocycles. The lowest BCUT2D eigenvalue weighted by molar-refractivity contribution is -0.145. The molecule has 2 fully saturated rings. The van der Waals surface area contributed by atoms with Crippen LogP contribution < -0.4 is 0 Å². The van der Waals surface area contributed by atoms with Crippen LogP contribution >= 0.6 is 0 Å². The van der Waals surface area contributed by atoms with Crippen LogP contribution in [0.1, 0.15) is 95.2 Å². The minimum absolute atomic E-state index is 0.0194. The topological polar surface area (TPSA) is 61.6 Å². The number of piperidine rings is 1. The van der Waals surface area contributed by atoms with E-state index in [1.54, 1.807) is 6.07 Å². The minimum atomic E-state index is -0.758. The number of hydrogen-bond acceptors (Lipinski definition) is 4. The van der Waals surface area contributed by atoms with E-state index in [2.05, 4.69) is 41.3 Å². The number of carboxylic acid groups (broad SMARTS) is 1. The van der Waals surface area contributed by atoms with Crippen molar-refractivity contribution in [3.63, 3.8) is 0 Å². The van der Waals surface area contributed by atoms with Gasteiger partial charge in [-0.25, -0.2) is 4.39 Å². The second-order valence-electron chi connectivity index (χ2n) is 13.1. The average Bonchev–Trinajstić information content (AvgIpc) is 3.62. The van der Waals surface area contributed by atoms with Gasteiger partial charge in [-0.2, -0.15) is 5.10 Å². The SMILES string of the molecule is CCc1nn(CC)c2c1CCC21CCN([C@H](C)[C@H]2C[C@@H](N(C)[C@@H](C(=O)O)C(C)C)C[C@@H]2c2cccc(F)c2)CC1. The van der Waals surface area contributed by atoms with Gasteiger partial charge in [-0.05, 0) is 120 Å². The molecule has 1 N–H and O–H groups in total. The number of carboxylic acids is 1. The van der Waals surface area contributed by atoms with Gasteiger partial charge >= 0.3 is 5.97 Å². The second kappa shape index (κ2) is 11.6. The summed E-state index contributed by atoms with van der Waals surface area (Å²) in [6.45, 7) is 13.8. The lowest BCUT2D eigenvalue weighted by Gasteiger charge is -2.44. The number of likely N-dealkylation sites (N-methyl/N-ethyl adjacent to an activating group) is 1. The Morgan fingerprint density at radius 3 is 2.50 bits per heavy atom. The third-order valence-electron chi connectivity index (χ3n) is 10.8. The van der Waals surface area contributed by atoms with Crippen molar-refractivity contribution in [1.29, 1.82) is 0 Å².